The van der Waals surface area contributed by atoms with Gasteiger partial charge in [0.25, 0.3) is 5.91 Å². The van der Waals surface area contributed by atoms with E-state index in [0.717, 1.165) is 6.54 Å². The lowest BCUT2D eigenvalue weighted by molar-refractivity contribution is 0.0703. The van der Waals surface area contributed by atoms with E-state index in [-0.39, 0.29) is 29.0 Å². The fourth-order valence-electron chi connectivity index (χ4n) is 2.02. The van der Waals surface area contributed by atoms with E-state index >= 15 is 0 Å². The van der Waals surface area contributed by atoms with Crippen LogP contribution in [0.1, 0.15) is 17.3 Å². The number of hydrogen-bond acceptors (Lipinski definition) is 4. The lowest BCUT2D eigenvalue weighted by Gasteiger charge is -2.32. The number of hydrogen-bond donors (Lipinski definition) is 3. The van der Waals surface area contributed by atoms with Crippen LogP contribution in [0, 0.1) is 0 Å². The maximum absolute atomic E-state index is 12.2. The number of benzene rings is 1. The van der Waals surface area contributed by atoms with Crippen LogP contribution in [0.2, 0.25) is 0 Å². The van der Waals surface area contributed by atoms with Crippen molar-refractivity contribution in [3.05, 3.63) is 23.8 Å². The molecule has 2 rings (SSSR count). The number of phenols is 2. The average molecular weight is 236 g/mol. The Morgan fingerprint density at radius 2 is 2.06 bits per heavy atom. The van der Waals surface area contributed by atoms with Crippen LogP contribution in [0.3, 0.4) is 0 Å². The zero-order valence-corrected chi connectivity index (χ0v) is 9.68. The Hall–Kier alpha value is -1.75. The monoisotopic (exact) mass is 236 g/mol. The second-order valence-corrected chi connectivity index (χ2v) is 4.28. The predicted molar refractivity (Wildman–Crippen MR) is 63.1 cm³/mol. The topological polar surface area (TPSA) is 72.8 Å². The molecule has 1 heterocycles. The quantitative estimate of drug-likeness (QED) is 0.665. The molecule has 1 amide bonds. The largest absolute Gasteiger partial charge is 0.507 e. The van der Waals surface area contributed by atoms with Crippen molar-refractivity contribution >= 4 is 5.91 Å². The van der Waals surface area contributed by atoms with Crippen LogP contribution in [0.15, 0.2) is 18.2 Å². The highest BCUT2D eigenvalue weighted by Gasteiger charge is 2.25. The number of phenolic OH excluding ortho intramolecular Hbond substituents is 2. The van der Waals surface area contributed by atoms with Crippen LogP contribution in [0.5, 0.6) is 11.5 Å². The summed E-state index contributed by atoms with van der Waals surface area (Å²) in [7, 11) is 0. The standard InChI is InChI=1S/C12H16N2O3/c1-8-7-14(6-5-13-8)12(17)11-9(15)3-2-4-10(11)16/h2-4,8,13,15-16H,5-7H2,1H3/t8-/m0/s1. The van der Waals surface area contributed by atoms with Gasteiger partial charge in [-0.1, -0.05) is 6.07 Å². The summed E-state index contributed by atoms with van der Waals surface area (Å²) in [6.45, 7) is 3.87. The van der Waals surface area contributed by atoms with Crippen LogP contribution in [0.25, 0.3) is 0 Å². The molecule has 5 nitrogen and oxygen atoms in total. The van der Waals surface area contributed by atoms with Crippen molar-refractivity contribution in [3.63, 3.8) is 0 Å². The molecule has 1 aromatic rings. The van der Waals surface area contributed by atoms with Gasteiger partial charge in [0.2, 0.25) is 0 Å². The second kappa shape index (κ2) is 4.63. The van der Waals surface area contributed by atoms with Crippen molar-refractivity contribution in [2.75, 3.05) is 19.6 Å². The Morgan fingerprint density at radius 3 is 2.65 bits per heavy atom. The number of carbonyl (C=O) groups is 1. The minimum Gasteiger partial charge on any atom is -0.507 e. The molecule has 0 bridgehead atoms. The van der Waals surface area contributed by atoms with Crippen molar-refractivity contribution in [2.24, 2.45) is 0 Å². The molecule has 1 aliphatic rings. The van der Waals surface area contributed by atoms with Crippen LogP contribution in [0.4, 0.5) is 0 Å². The van der Waals surface area contributed by atoms with Gasteiger partial charge in [-0.15, -0.1) is 0 Å². The molecule has 5 heteroatoms. The molecular weight excluding hydrogens is 220 g/mol. The first kappa shape index (κ1) is 11.7. The Morgan fingerprint density at radius 1 is 1.41 bits per heavy atom. The Bertz CT molecular complexity index is 414. The SMILES string of the molecule is C[C@H]1CN(C(=O)c2c(O)cccc2O)CCN1. The van der Waals surface area contributed by atoms with Gasteiger partial charge in [0, 0.05) is 25.7 Å². The minimum absolute atomic E-state index is 0.0124. The number of amides is 1. The summed E-state index contributed by atoms with van der Waals surface area (Å²) in [5.74, 6) is -0.684. The molecule has 0 saturated carbocycles. The third kappa shape index (κ3) is 2.34. The highest BCUT2D eigenvalue weighted by molar-refractivity contribution is 5.99. The van der Waals surface area contributed by atoms with Crippen molar-refractivity contribution in [2.45, 2.75) is 13.0 Å². The van der Waals surface area contributed by atoms with E-state index in [2.05, 4.69) is 5.32 Å². The van der Waals surface area contributed by atoms with Gasteiger partial charge in [0.15, 0.2) is 0 Å². The molecule has 0 spiro atoms. The van der Waals surface area contributed by atoms with Gasteiger partial charge in [0.1, 0.15) is 17.1 Å². The molecule has 1 aromatic carbocycles. The van der Waals surface area contributed by atoms with E-state index in [1.54, 1.807) is 4.90 Å². The third-order valence-corrected chi connectivity index (χ3v) is 2.89. The molecule has 3 N–H and O–H groups in total. The smallest absolute Gasteiger partial charge is 0.261 e. The fourth-order valence-corrected chi connectivity index (χ4v) is 2.02. The van der Waals surface area contributed by atoms with E-state index in [1.807, 2.05) is 6.92 Å². The zero-order valence-electron chi connectivity index (χ0n) is 9.68. The second-order valence-electron chi connectivity index (χ2n) is 4.28. The van der Waals surface area contributed by atoms with E-state index in [4.69, 9.17) is 0 Å². The van der Waals surface area contributed by atoms with E-state index in [9.17, 15) is 15.0 Å². The third-order valence-electron chi connectivity index (χ3n) is 2.89. The van der Waals surface area contributed by atoms with Gasteiger partial charge in [-0.25, -0.2) is 0 Å². The van der Waals surface area contributed by atoms with E-state index in [0.29, 0.717) is 13.1 Å². The molecule has 0 radical (unpaired) electrons. The first-order valence-corrected chi connectivity index (χ1v) is 5.63. The number of rotatable bonds is 1. The molecule has 1 atom stereocenters. The summed E-state index contributed by atoms with van der Waals surface area (Å²) >= 11 is 0. The molecule has 17 heavy (non-hydrogen) atoms. The lowest BCUT2D eigenvalue weighted by atomic mass is 10.1. The minimum atomic E-state index is -0.325. The Kier molecular flexibility index (Phi) is 3.19. The first-order chi connectivity index (χ1) is 8.09. The van der Waals surface area contributed by atoms with Gasteiger partial charge < -0.3 is 20.4 Å². The summed E-state index contributed by atoms with van der Waals surface area (Å²) in [6, 6.07) is 4.53. The van der Waals surface area contributed by atoms with Gasteiger partial charge in [0.05, 0.1) is 0 Å². The van der Waals surface area contributed by atoms with Crippen LogP contribution < -0.4 is 5.32 Å². The summed E-state index contributed by atoms with van der Waals surface area (Å²) in [6.07, 6.45) is 0. The van der Waals surface area contributed by atoms with Gasteiger partial charge >= 0.3 is 0 Å². The van der Waals surface area contributed by atoms with Crippen molar-refractivity contribution in [1.29, 1.82) is 0 Å². The summed E-state index contributed by atoms with van der Waals surface area (Å²) in [5, 5.41) is 22.5. The normalized spacial score (nSPS) is 20.3. The molecule has 1 aliphatic heterocycles. The summed E-state index contributed by atoms with van der Waals surface area (Å²) in [4.78, 5) is 13.8. The molecule has 0 unspecified atom stereocenters. The molecule has 1 saturated heterocycles. The zero-order chi connectivity index (χ0) is 12.4. The molecule has 0 aromatic heterocycles. The Balaban J connectivity index is 2.24. The molecular formula is C12H16N2O3. The molecule has 92 valence electrons. The van der Waals surface area contributed by atoms with Gasteiger partial charge in [-0.05, 0) is 19.1 Å². The number of nitrogens with one attached hydrogen (secondary N) is 1. The lowest BCUT2D eigenvalue weighted by Crippen LogP contribution is -2.51. The van der Waals surface area contributed by atoms with Crippen molar-refractivity contribution in [1.82, 2.24) is 10.2 Å². The van der Waals surface area contributed by atoms with Gasteiger partial charge in [-0.2, -0.15) is 0 Å². The fraction of sp³-hybridized carbons (Fsp3) is 0.417. The van der Waals surface area contributed by atoms with Crippen molar-refractivity contribution in [3.8, 4) is 11.5 Å². The van der Waals surface area contributed by atoms with Crippen molar-refractivity contribution < 1.29 is 15.0 Å². The maximum Gasteiger partial charge on any atom is 0.261 e. The van der Waals surface area contributed by atoms with Crippen LogP contribution in [-0.2, 0) is 0 Å². The highest BCUT2D eigenvalue weighted by Crippen LogP contribution is 2.27. The van der Waals surface area contributed by atoms with E-state index < -0.39 is 0 Å². The first-order valence-electron chi connectivity index (χ1n) is 5.63. The van der Waals surface area contributed by atoms with Crippen LogP contribution in [-0.4, -0.2) is 46.7 Å². The average Bonchev–Trinajstić information content (AvgIpc) is 2.28. The molecule has 0 aliphatic carbocycles. The number of aromatic hydroxyl groups is 2. The van der Waals surface area contributed by atoms with E-state index in [1.165, 1.54) is 18.2 Å². The predicted octanol–water partition coefficient (Wildman–Crippen LogP) is 0.532. The number of piperazine rings is 1. The highest BCUT2D eigenvalue weighted by atomic mass is 16.3. The molecule has 1 fully saturated rings. The Labute approximate surface area is 99.7 Å². The van der Waals surface area contributed by atoms with Crippen LogP contribution >= 0.6 is 0 Å². The van der Waals surface area contributed by atoms with Gasteiger partial charge in [-0.3, -0.25) is 4.79 Å². The summed E-state index contributed by atoms with van der Waals surface area (Å²) < 4.78 is 0. The number of carbonyl (C=O) groups excluding carboxylic acids is 1. The maximum atomic E-state index is 12.2. The summed E-state index contributed by atoms with van der Waals surface area (Å²) in [5.41, 5.74) is -0.0124. The number of nitrogens with zero attached hydrogens (tertiary/aromatic N) is 1.